The van der Waals surface area contributed by atoms with Crippen LogP contribution in [0.3, 0.4) is 0 Å². The lowest BCUT2D eigenvalue weighted by atomic mass is 9.83. The van der Waals surface area contributed by atoms with Crippen molar-refractivity contribution in [1.82, 2.24) is 20.0 Å². The van der Waals surface area contributed by atoms with E-state index < -0.39 is 0 Å². The van der Waals surface area contributed by atoms with Crippen LogP contribution in [0.1, 0.15) is 55.5 Å². The molecule has 1 N–H and O–H groups in total. The van der Waals surface area contributed by atoms with Gasteiger partial charge in [-0.05, 0) is 51.0 Å². The number of carbonyl (C=O) groups excluding carboxylic acids is 2. The summed E-state index contributed by atoms with van der Waals surface area (Å²) in [5, 5.41) is 7.30. The predicted molar refractivity (Wildman–Crippen MR) is 98.5 cm³/mol. The summed E-state index contributed by atoms with van der Waals surface area (Å²) in [6.45, 7) is 6.28. The molecule has 1 saturated carbocycles. The normalized spacial score (nSPS) is 26.2. The summed E-state index contributed by atoms with van der Waals surface area (Å²) >= 11 is 0. The first-order valence-corrected chi connectivity index (χ1v) is 10.1. The fourth-order valence-electron chi connectivity index (χ4n) is 4.60. The molecule has 4 heterocycles. The summed E-state index contributed by atoms with van der Waals surface area (Å²) in [7, 11) is 0. The van der Waals surface area contributed by atoms with Gasteiger partial charge in [-0.2, -0.15) is 5.10 Å². The van der Waals surface area contributed by atoms with E-state index in [0.717, 1.165) is 36.3 Å². The van der Waals surface area contributed by atoms with E-state index >= 15 is 0 Å². The average Bonchev–Trinajstić information content (AvgIpc) is 2.78. The Morgan fingerprint density at radius 3 is 2.65 bits per heavy atom. The number of rotatable bonds is 5. The number of piperidine rings is 1. The molecule has 2 amide bonds. The van der Waals surface area contributed by atoms with E-state index in [-0.39, 0.29) is 17.9 Å². The summed E-state index contributed by atoms with van der Waals surface area (Å²) in [4.78, 5) is 29.7. The molecule has 0 aromatic carbocycles. The number of amides is 2. The van der Waals surface area contributed by atoms with Gasteiger partial charge in [0.15, 0.2) is 0 Å². The Morgan fingerprint density at radius 2 is 2.00 bits per heavy atom. The van der Waals surface area contributed by atoms with Crippen LogP contribution < -0.4 is 0 Å². The van der Waals surface area contributed by atoms with E-state index in [0.29, 0.717) is 37.8 Å². The average molecular weight is 358 g/mol. The molecule has 26 heavy (non-hydrogen) atoms. The maximum absolute atomic E-state index is 12.9. The van der Waals surface area contributed by atoms with Crippen LogP contribution in [0.2, 0.25) is 0 Å². The summed E-state index contributed by atoms with van der Waals surface area (Å²) < 4.78 is 0. The number of nitrogens with one attached hydrogen (secondary N) is 1. The molecule has 4 aliphatic rings. The third kappa shape index (κ3) is 3.26. The Labute approximate surface area is 155 Å². The third-order valence-corrected chi connectivity index (χ3v) is 6.76. The van der Waals surface area contributed by atoms with Crippen molar-refractivity contribution in [2.24, 2.45) is 11.8 Å². The van der Waals surface area contributed by atoms with Crippen molar-refractivity contribution in [2.45, 2.75) is 64.8 Å². The van der Waals surface area contributed by atoms with Gasteiger partial charge >= 0.3 is 0 Å². The van der Waals surface area contributed by atoms with Crippen molar-refractivity contribution >= 4 is 11.8 Å². The number of aromatic nitrogens is 2. The van der Waals surface area contributed by atoms with Crippen molar-refractivity contribution in [3.8, 4) is 0 Å². The van der Waals surface area contributed by atoms with E-state index in [1.165, 1.54) is 19.3 Å². The molecule has 3 aliphatic heterocycles. The Kier molecular flexibility index (Phi) is 4.76. The molecule has 6 heteroatoms. The summed E-state index contributed by atoms with van der Waals surface area (Å²) in [5.41, 5.74) is 3.20. The number of hydrogen-bond acceptors (Lipinski definition) is 3. The van der Waals surface area contributed by atoms with E-state index in [9.17, 15) is 9.59 Å². The van der Waals surface area contributed by atoms with Crippen molar-refractivity contribution in [3.05, 3.63) is 17.0 Å². The summed E-state index contributed by atoms with van der Waals surface area (Å²) in [6, 6.07) is 0.222. The zero-order chi connectivity index (χ0) is 18.3. The van der Waals surface area contributed by atoms with E-state index in [1.807, 2.05) is 18.7 Å². The van der Waals surface area contributed by atoms with Gasteiger partial charge in [0.05, 0.1) is 11.6 Å². The van der Waals surface area contributed by atoms with Crippen molar-refractivity contribution in [3.63, 3.8) is 0 Å². The first kappa shape index (κ1) is 17.6. The minimum Gasteiger partial charge on any atom is -0.340 e. The molecular weight excluding hydrogens is 328 g/mol. The molecular formula is C20H30N4O2. The number of nitrogens with zero attached hydrogens (tertiary/aromatic N) is 3. The molecule has 1 aromatic rings. The van der Waals surface area contributed by atoms with Crippen molar-refractivity contribution in [2.75, 3.05) is 19.6 Å². The predicted octanol–water partition coefficient (Wildman–Crippen LogP) is 2.21. The molecule has 2 atom stereocenters. The van der Waals surface area contributed by atoms with Gasteiger partial charge in [-0.15, -0.1) is 0 Å². The van der Waals surface area contributed by atoms with Crippen LogP contribution in [0.5, 0.6) is 0 Å². The topological polar surface area (TPSA) is 69.3 Å². The van der Waals surface area contributed by atoms with Crippen molar-refractivity contribution < 1.29 is 9.59 Å². The lowest BCUT2D eigenvalue weighted by Crippen LogP contribution is -2.50. The highest BCUT2D eigenvalue weighted by molar-refractivity contribution is 5.83. The van der Waals surface area contributed by atoms with Crippen molar-refractivity contribution in [1.29, 1.82) is 0 Å². The van der Waals surface area contributed by atoms with Crippen LogP contribution in [0.25, 0.3) is 0 Å². The van der Waals surface area contributed by atoms with Gasteiger partial charge < -0.3 is 9.80 Å². The minimum absolute atomic E-state index is 0.00661. The number of hydrogen-bond donors (Lipinski definition) is 1. The first-order valence-electron chi connectivity index (χ1n) is 10.1. The van der Waals surface area contributed by atoms with Gasteiger partial charge in [-0.25, -0.2) is 0 Å². The Bertz CT molecular complexity index is 694. The largest absolute Gasteiger partial charge is 0.340 e. The fraction of sp³-hybridized carbons (Fsp3) is 0.750. The molecule has 3 saturated heterocycles. The molecule has 0 radical (unpaired) electrons. The summed E-state index contributed by atoms with van der Waals surface area (Å²) in [5.74, 6) is 1.16. The van der Waals surface area contributed by atoms with Gasteiger partial charge in [-0.3, -0.25) is 14.7 Å². The molecule has 4 fully saturated rings. The SMILES string of the molecule is Cc1[nH]nc(CCC(=O)N2C[C@@H]3CC[C@H](C2)N(CC2CCC2)C3=O)c1C. The van der Waals surface area contributed by atoms with E-state index in [2.05, 4.69) is 15.1 Å². The van der Waals surface area contributed by atoms with Crippen LogP contribution in [0, 0.1) is 25.7 Å². The number of H-pyrrole nitrogens is 1. The lowest BCUT2D eigenvalue weighted by Gasteiger charge is -2.40. The zero-order valence-corrected chi connectivity index (χ0v) is 16.0. The molecule has 1 aromatic heterocycles. The van der Waals surface area contributed by atoms with E-state index in [4.69, 9.17) is 0 Å². The second-order valence-corrected chi connectivity index (χ2v) is 8.43. The zero-order valence-electron chi connectivity index (χ0n) is 16.0. The smallest absolute Gasteiger partial charge is 0.227 e. The quantitative estimate of drug-likeness (QED) is 0.877. The Morgan fingerprint density at radius 1 is 1.19 bits per heavy atom. The van der Waals surface area contributed by atoms with Crippen LogP contribution >= 0.6 is 0 Å². The van der Waals surface area contributed by atoms with Crippen LogP contribution in [0.15, 0.2) is 0 Å². The first-order chi connectivity index (χ1) is 12.5. The fourth-order valence-corrected chi connectivity index (χ4v) is 4.60. The molecule has 2 bridgehead atoms. The van der Waals surface area contributed by atoms with Gasteiger partial charge in [0.25, 0.3) is 0 Å². The Balaban J connectivity index is 1.39. The molecule has 0 spiro atoms. The van der Waals surface area contributed by atoms with Gasteiger partial charge in [-0.1, -0.05) is 6.42 Å². The maximum atomic E-state index is 12.9. The minimum atomic E-state index is 0.00661. The molecule has 142 valence electrons. The number of fused-ring (bicyclic) bond motifs is 4. The lowest BCUT2D eigenvalue weighted by molar-refractivity contribution is -0.141. The van der Waals surface area contributed by atoms with Crippen LogP contribution in [-0.2, 0) is 16.0 Å². The number of aromatic amines is 1. The van der Waals surface area contributed by atoms with Gasteiger partial charge in [0.2, 0.25) is 11.8 Å². The monoisotopic (exact) mass is 358 g/mol. The third-order valence-electron chi connectivity index (χ3n) is 6.76. The van der Waals surface area contributed by atoms with Crippen LogP contribution in [-0.4, -0.2) is 57.5 Å². The highest BCUT2D eigenvalue weighted by atomic mass is 16.2. The molecule has 6 nitrogen and oxygen atoms in total. The maximum Gasteiger partial charge on any atom is 0.227 e. The second-order valence-electron chi connectivity index (χ2n) is 8.43. The Hall–Kier alpha value is -1.85. The molecule has 5 rings (SSSR count). The highest BCUT2D eigenvalue weighted by Crippen LogP contribution is 2.34. The van der Waals surface area contributed by atoms with Crippen LogP contribution in [0.4, 0.5) is 0 Å². The molecule has 0 unspecified atom stereocenters. The number of aryl methyl sites for hydroxylation is 2. The number of carbonyl (C=O) groups is 2. The highest BCUT2D eigenvalue weighted by Gasteiger charge is 2.42. The van der Waals surface area contributed by atoms with Gasteiger partial charge in [0, 0.05) is 44.2 Å². The summed E-state index contributed by atoms with van der Waals surface area (Å²) in [6.07, 6.45) is 6.94. The standard InChI is InChI=1S/C20H30N4O2/c1-13-14(2)21-22-18(13)8-9-19(25)23-11-16-6-7-17(12-23)24(20(16)26)10-15-4-3-5-15/h15-17H,3-12H2,1-2H3,(H,21,22)/t16-,17+/m0/s1. The van der Waals surface area contributed by atoms with E-state index in [1.54, 1.807) is 0 Å². The molecule has 1 aliphatic carbocycles. The second kappa shape index (κ2) is 7.05. The van der Waals surface area contributed by atoms with Gasteiger partial charge in [0.1, 0.15) is 0 Å².